The number of unbranched alkanes of at least 4 members (excludes halogenated alkanes) is 14. The molecule has 0 aliphatic heterocycles. The second-order valence-electron chi connectivity index (χ2n) is 16.3. The first-order valence-electron chi connectivity index (χ1n) is 23.3. The fourth-order valence-electron chi connectivity index (χ4n) is 7.18. The standard InChI is InChI=1S/2C25H42O4.Ba/c2*1-2-23(26)17-12-7-5-3-4-6-8-13-18-24(19-14-20-25(27)28)29-21-22-15-10-9-11-16-22;/h2*9-11,15-16,23-24,26H,2-8,12-14,17-21H2,1H3,(H,27,28);/q;;+2/p-2. The smallest absolute Gasteiger partial charge is 0.550 e. The summed E-state index contributed by atoms with van der Waals surface area (Å²) in [7, 11) is 0. The average Bonchev–Trinajstić information content (AvgIpc) is 3.23. The van der Waals surface area contributed by atoms with Crippen LogP contribution in [0, 0.1) is 0 Å². The van der Waals surface area contributed by atoms with Crippen molar-refractivity contribution in [1.29, 1.82) is 0 Å². The zero-order chi connectivity index (χ0) is 42.3. The maximum Gasteiger partial charge on any atom is 2.00 e. The predicted molar refractivity (Wildman–Crippen MR) is 238 cm³/mol. The van der Waals surface area contributed by atoms with Crippen LogP contribution in [0.3, 0.4) is 0 Å². The van der Waals surface area contributed by atoms with E-state index in [0.717, 1.165) is 88.2 Å². The summed E-state index contributed by atoms with van der Waals surface area (Å²) < 4.78 is 12.2. The van der Waals surface area contributed by atoms with Gasteiger partial charge in [0.05, 0.1) is 37.6 Å². The van der Waals surface area contributed by atoms with Crippen LogP contribution in [0.5, 0.6) is 0 Å². The van der Waals surface area contributed by atoms with E-state index in [4.69, 9.17) is 9.47 Å². The van der Waals surface area contributed by atoms with E-state index < -0.39 is 11.9 Å². The van der Waals surface area contributed by atoms with Crippen LogP contribution in [0.4, 0.5) is 0 Å². The van der Waals surface area contributed by atoms with Crippen molar-refractivity contribution in [3.05, 3.63) is 71.8 Å². The van der Waals surface area contributed by atoms with Crippen molar-refractivity contribution >= 4 is 60.8 Å². The molecule has 0 spiro atoms. The number of hydrogen-bond acceptors (Lipinski definition) is 8. The molecule has 2 N–H and O–H groups in total. The largest absolute Gasteiger partial charge is 2.00 e. The number of hydrogen-bond donors (Lipinski definition) is 2. The van der Waals surface area contributed by atoms with Gasteiger partial charge in [0.15, 0.2) is 0 Å². The molecule has 0 aliphatic carbocycles. The van der Waals surface area contributed by atoms with Crippen LogP contribution in [-0.4, -0.2) is 95.4 Å². The molecule has 0 aliphatic rings. The van der Waals surface area contributed by atoms with Crippen molar-refractivity contribution in [1.82, 2.24) is 0 Å². The molecule has 4 unspecified atom stereocenters. The number of carbonyl (C=O) groups is 2. The van der Waals surface area contributed by atoms with E-state index >= 15 is 0 Å². The first-order chi connectivity index (χ1) is 28.2. The third kappa shape index (κ3) is 38.2. The van der Waals surface area contributed by atoms with Crippen LogP contribution in [0.25, 0.3) is 0 Å². The molecule has 2 aromatic carbocycles. The fraction of sp³-hybridized carbons (Fsp3) is 0.720. The van der Waals surface area contributed by atoms with Gasteiger partial charge >= 0.3 is 48.9 Å². The first kappa shape index (κ1) is 57.8. The molecule has 0 saturated carbocycles. The van der Waals surface area contributed by atoms with Crippen molar-refractivity contribution in [3.63, 3.8) is 0 Å². The molecule has 0 aromatic heterocycles. The molecule has 0 heterocycles. The number of aliphatic hydroxyl groups is 2. The Hall–Kier alpha value is -1.21. The van der Waals surface area contributed by atoms with E-state index in [-0.39, 0.29) is 86.1 Å². The Labute approximate surface area is 400 Å². The SMILES string of the molecule is CCC(O)CCCCCCCCCCC(CCCC(=O)[O-])OCc1ccccc1.CCC(O)CCCCCCCCCCC(CCCC(=O)[O-])OCc1ccccc1.[Ba+2]. The van der Waals surface area contributed by atoms with E-state index in [0.29, 0.717) is 26.1 Å². The number of aliphatic hydroxyl groups excluding tert-OH is 2. The van der Waals surface area contributed by atoms with Crippen molar-refractivity contribution in [2.75, 3.05) is 0 Å². The van der Waals surface area contributed by atoms with Crippen LogP contribution in [0.1, 0.15) is 205 Å². The van der Waals surface area contributed by atoms with Gasteiger partial charge in [-0.05, 0) is 88.2 Å². The van der Waals surface area contributed by atoms with Gasteiger partial charge in [-0.25, -0.2) is 0 Å². The Balaban J connectivity index is 0.00000112. The zero-order valence-corrected chi connectivity index (χ0v) is 41.8. The zero-order valence-electron chi connectivity index (χ0n) is 37.3. The summed E-state index contributed by atoms with van der Waals surface area (Å²) in [4.78, 5) is 21.3. The van der Waals surface area contributed by atoms with E-state index in [1.807, 2.05) is 50.2 Å². The minimum atomic E-state index is -0.976. The number of rotatable bonds is 38. The van der Waals surface area contributed by atoms with Crippen LogP contribution >= 0.6 is 0 Å². The molecule has 59 heavy (non-hydrogen) atoms. The van der Waals surface area contributed by atoms with Gasteiger partial charge in [0, 0.05) is 11.9 Å². The minimum absolute atomic E-state index is 0. The Kier molecular flexibility index (Phi) is 41.2. The quantitative estimate of drug-likeness (QED) is 0.0501. The van der Waals surface area contributed by atoms with Crippen molar-refractivity contribution < 1.29 is 39.5 Å². The molecule has 9 heteroatoms. The Morgan fingerprint density at radius 3 is 1.02 bits per heavy atom. The molecule has 0 radical (unpaired) electrons. The number of aliphatic carboxylic acids is 2. The van der Waals surface area contributed by atoms with E-state index in [1.54, 1.807) is 0 Å². The van der Waals surface area contributed by atoms with Gasteiger partial charge in [-0.1, -0.05) is 177 Å². The van der Waals surface area contributed by atoms with Gasteiger partial charge < -0.3 is 39.5 Å². The van der Waals surface area contributed by atoms with Crippen molar-refractivity contribution in [2.24, 2.45) is 0 Å². The van der Waals surface area contributed by atoms with Gasteiger partial charge in [0.25, 0.3) is 0 Å². The summed E-state index contributed by atoms with van der Waals surface area (Å²) in [6.07, 6.45) is 28.2. The summed E-state index contributed by atoms with van der Waals surface area (Å²) in [6, 6.07) is 20.3. The van der Waals surface area contributed by atoms with Crippen LogP contribution < -0.4 is 10.2 Å². The van der Waals surface area contributed by atoms with Crippen LogP contribution in [-0.2, 0) is 32.3 Å². The van der Waals surface area contributed by atoms with Gasteiger partial charge in [-0.2, -0.15) is 0 Å². The Bertz CT molecular complexity index is 1110. The van der Waals surface area contributed by atoms with E-state index in [9.17, 15) is 30.0 Å². The summed E-state index contributed by atoms with van der Waals surface area (Å²) >= 11 is 0. The van der Waals surface area contributed by atoms with Gasteiger partial charge in [-0.3, -0.25) is 0 Å². The van der Waals surface area contributed by atoms with Crippen molar-refractivity contribution in [2.45, 2.75) is 231 Å². The van der Waals surface area contributed by atoms with Crippen LogP contribution in [0.15, 0.2) is 60.7 Å². The minimum Gasteiger partial charge on any atom is -0.550 e. The molecule has 2 aromatic rings. The topological polar surface area (TPSA) is 139 Å². The molecular formula is C50H82BaO8. The number of carboxylic acids is 2. The van der Waals surface area contributed by atoms with Crippen molar-refractivity contribution in [3.8, 4) is 0 Å². The number of ether oxygens (including phenoxy) is 2. The van der Waals surface area contributed by atoms with E-state index in [2.05, 4.69) is 24.3 Å². The normalized spacial score (nSPS) is 13.1. The molecule has 8 nitrogen and oxygen atoms in total. The molecular weight excluding hydrogens is 866 g/mol. The fourth-order valence-corrected chi connectivity index (χ4v) is 7.18. The number of carboxylic acid groups (broad SMARTS) is 2. The van der Waals surface area contributed by atoms with E-state index in [1.165, 1.54) is 77.0 Å². The third-order valence-corrected chi connectivity index (χ3v) is 11.0. The summed E-state index contributed by atoms with van der Waals surface area (Å²) in [5.74, 6) is -1.95. The molecule has 0 fully saturated rings. The Morgan fingerprint density at radius 1 is 0.458 bits per heavy atom. The van der Waals surface area contributed by atoms with Gasteiger partial charge in [-0.15, -0.1) is 0 Å². The van der Waals surface area contributed by atoms with Gasteiger partial charge in [0.2, 0.25) is 0 Å². The molecule has 0 amide bonds. The maximum absolute atomic E-state index is 10.7. The molecule has 4 atom stereocenters. The monoisotopic (exact) mass is 949 g/mol. The number of carbonyl (C=O) groups excluding carboxylic acids is 2. The molecule has 332 valence electrons. The maximum atomic E-state index is 10.7. The first-order valence-corrected chi connectivity index (χ1v) is 23.3. The Morgan fingerprint density at radius 2 is 0.729 bits per heavy atom. The number of benzene rings is 2. The van der Waals surface area contributed by atoms with Gasteiger partial charge in [0.1, 0.15) is 0 Å². The summed E-state index contributed by atoms with van der Waals surface area (Å²) in [5.41, 5.74) is 2.31. The molecule has 0 bridgehead atoms. The molecule has 2 rings (SSSR count). The summed E-state index contributed by atoms with van der Waals surface area (Å²) in [5, 5.41) is 40.4. The summed E-state index contributed by atoms with van der Waals surface area (Å²) in [6.45, 7) is 5.24. The molecule has 0 saturated heterocycles. The van der Waals surface area contributed by atoms with Crippen LogP contribution in [0.2, 0.25) is 0 Å². The third-order valence-electron chi connectivity index (χ3n) is 11.0. The second-order valence-corrected chi connectivity index (χ2v) is 16.3. The average molecular weight is 949 g/mol. The second kappa shape index (κ2) is 42.1. The predicted octanol–water partition coefficient (Wildman–Crippen LogP) is 9.95.